The Bertz CT molecular complexity index is 609. The first kappa shape index (κ1) is 17.4. The Balaban J connectivity index is 1.67. The van der Waals surface area contributed by atoms with Crippen LogP contribution in [0.4, 0.5) is 5.00 Å². The van der Waals surface area contributed by atoms with E-state index in [1.807, 2.05) is 5.38 Å². The summed E-state index contributed by atoms with van der Waals surface area (Å²) in [5.41, 5.74) is 1.62. The molecule has 1 atom stereocenters. The van der Waals surface area contributed by atoms with Crippen molar-refractivity contribution in [1.82, 2.24) is 4.90 Å². The first-order valence-electron chi connectivity index (χ1n) is 8.89. The molecule has 1 aromatic heterocycles. The maximum absolute atomic E-state index is 12.4. The lowest BCUT2D eigenvalue weighted by atomic mass is 10.0. The van der Waals surface area contributed by atoms with Crippen LogP contribution in [0.15, 0.2) is 5.38 Å². The van der Waals surface area contributed by atoms with Gasteiger partial charge in [0.05, 0.1) is 18.7 Å². The summed E-state index contributed by atoms with van der Waals surface area (Å²) in [6.07, 6.45) is 4.61. The number of amides is 1. The fourth-order valence-corrected chi connectivity index (χ4v) is 4.42. The van der Waals surface area contributed by atoms with Crippen molar-refractivity contribution in [2.45, 2.75) is 45.4 Å². The van der Waals surface area contributed by atoms with Crippen molar-refractivity contribution in [3.8, 4) is 0 Å². The van der Waals surface area contributed by atoms with Gasteiger partial charge in [-0.05, 0) is 61.9 Å². The predicted octanol–water partition coefficient (Wildman–Crippen LogP) is 3.47. The quantitative estimate of drug-likeness (QED) is 0.798. The molecule has 2 aliphatic rings. The number of nitrogens with zero attached hydrogens (tertiary/aromatic N) is 1. The second-order valence-electron chi connectivity index (χ2n) is 6.92. The maximum atomic E-state index is 12.4. The highest BCUT2D eigenvalue weighted by Crippen LogP contribution is 2.46. The van der Waals surface area contributed by atoms with Crippen molar-refractivity contribution < 1.29 is 14.3 Å². The molecule has 1 saturated carbocycles. The number of rotatable bonds is 6. The predicted molar refractivity (Wildman–Crippen MR) is 95.7 cm³/mol. The van der Waals surface area contributed by atoms with E-state index in [-0.39, 0.29) is 11.9 Å². The summed E-state index contributed by atoms with van der Waals surface area (Å²) in [7, 11) is 0. The summed E-state index contributed by atoms with van der Waals surface area (Å²) in [4.78, 5) is 26.9. The molecule has 0 spiro atoms. The number of thiophene rings is 1. The van der Waals surface area contributed by atoms with Gasteiger partial charge in [-0.25, -0.2) is 4.79 Å². The van der Waals surface area contributed by atoms with Crippen LogP contribution < -0.4 is 5.32 Å². The maximum Gasteiger partial charge on any atom is 0.341 e. The Labute approximate surface area is 147 Å². The number of likely N-dealkylation sites (tertiary alicyclic amines) is 1. The fraction of sp³-hybridized carbons (Fsp3) is 0.667. The van der Waals surface area contributed by atoms with E-state index in [4.69, 9.17) is 4.74 Å². The number of hydrogen-bond acceptors (Lipinski definition) is 5. The van der Waals surface area contributed by atoms with E-state index >= 15 is 0 Å². The molecule has 1 N–H and O–H groups in total. The zero-order valence-corrected chi connectivity index (χ0v) is 15.3. The molecule has 24 heavy (non-hydrogen) atoms. The second kappa shape index (κ2) is 7.66. The highest BCUT2D eigenvalue weighted by molar-refractivity contribution is 7.15. The topological polar surface area (TPSA) is 58.6 Å². The van der Waals surface area contributed by atoms with E-state index in [0.717, 1.165) is 37.9 Å². The Morgan fingerprint density at radius 3 is 2.83 bits per heavy atom. The molecule has 2 fully saturated rings. The van der Waals surface area contributed by atoms with Gasteiger partial charge in [-0.3, -0.25) is 9.69 Å². The molecule has 1 aliphatic carbocycles. The highest BCUT2D eigenvalue weighted by Gasteiger charge is 2.32. The molecule has 0 radical (unpaired) electrons. The molecule has 0 bridgehead atoms. The van der Waals surface area contributed by atoms with E-state index in [2.05, 4.69) is 17.1 Å². The second-order valence-corrected chi connectivity index (χ2v) is 7.80. The van der Waals surface area contributed by atoms with Crippen molar-refractivity contribution in [2.75, 3.05) is 31.6 Å². The van der Waals surface area contributed by atoms with Gasteiger partial charge in [-0.15, -0.1) is 11.3 Å². The van der Waals surface area contributed by atoms with E-state index in [1.54, 1.807) is 6.92 Å². The molecular formula is C18H26N2O3S. The fourth-order valence-electron chi connectivity index (χ4n) is 3.37. The molecule has 1 saturated heterocycles. The zero-order chi connectivity index (χ0) is 17.1. The van der Waals surface area contributed by atoms with Crippen LogP contribution in [0.2, 0.25) is 0 Å². The van der Waals surface area contributed by atoms with Crippen molar-refractivity contribution in [3.63, 3.8) is 0 Å². The Morgan fingerprint density at radius 2 is 2.17 bits per heavy atom. The first-order valence-corrected chi connectivity index (χ1v) is 9.77. The minimum absolute atomic E-state index is 0.0427. The SMILES string of the molecule is CCOC(=O)c1c(C2CC2)csc1NC(=O)CN1CCC[C@H](C)C1. The Hall–Kier alpha value is -1.40. The van der Waals surface area contributed by atoms with Crippen LogP contribution in [0.3, 0.4) is 0 Å². The van der Waals surface area contributed by atoms with Crippen LogP contribution in [0, 0.1) is 5.92 Å². The molecule has 2 heterocycles. The summed E-state index contributed by atoms with van der Waals surface area (Å²) in [6.45, 7) is 6.71. The van der Waals surface area contributed by atoms with Crippen LogP contribution in [0.25, 0.3) is 0 Å². The largest absolute Gasteiger partial charge is 0.462 e. The van der Waals surface area contributed by atoms with Gasteiger partial charge >= 0.3 is 5.97 Å². The molecule has 0 unspecified atom stereocenters. The monoisotopic (exact) mass is 350 g/mol. The van der Waals surface area contributed by atoms with Crippen LogP contribution in [0.1, 0.15) is 61.4 Å². The van der Waals surface area contributed by atoms with Gasteiger partial charge in [-0.2, -0.15) is 0 Å². The van der Waals surface area contributed by atoms with Gasteiger partial charge in [0.2, 0.25) is 5.91 Å². The summed E-state index contributed by atoms with van der Waals surface area (Å²) in [5, 5.41) is 5.60. The van der Waals surface area contributed by atoms with Crippen LogP contribution in [-0.2, 0) is 9.53 Å². The standard InChI is InChI=1S/C18H26N2O3S/c1-3-23-18(22)16-14(13-6-7-13)11-24-17(16)19-15(21)10-20-8-4-5-12(2)9-20/h11-13H,3-10H2,1-2H3,(H,19,21)/t12-/m0/s1. The van der Waals surface area contributed by atoms with E-state index in [0.29, 0.717) is 35.6 Å². The molecule has 6 heteroatoms. The summed E-state index contributed by atoms with van der Waals surface area (Å²) >= 11 is 1.44. The molecular weight excluding hydrogens is 324 g/mol. The average Bonchev–Trinajstić information content (AvgIpc) is 3.29. The Kier molecular flexibility index (Phi) is 5.56. The highest BCUT2D eigenvalue weighted by atomic mass is 32.1. The van der Waals surface area contributed by atoms with Crippen molar-refractivity contribution in [3.05, 3.63) is 16.5 Å². The summed E-state index contributed by atoms with van der Waals surface area (Å²) in [6, 6.07) is 0. The lowest BCUT2D eigenvalue weighted by Crippen LogP contribution is -2.39. The van der Waals surface area contributed by atoms with Crippen LogP contribution in [0.5, 0.6) is 0 Å². The van der Waals surface area contributed by atoms with Crippen molar-refractivity contribution in [1.29, 1.82) is 0 Å². The molecule has 5 nitrogen and oxygen atoms in total. The van der Waals surface area contributed by atoms with Gasteiger partial charge in [0.25, 0.3) is 0 Å². The van der Waals surface area contributed by atoms with Gasteiger partial charge in [0.1, 0.15) is 5.00 Å². The first-order chi connectivity index (χ1) is 11.6. The third-order valence-electron chi connectivity index (χ3n) is 4.68. The van der Waals surface area contributed by atoms with Crippen LogP contribution >= 0.6 is 11.3 Å². The smallest absolute Gasteiger partial charge is 0.341 e. The summed E-state index contributed by atoms with van der Waals surface area (Å²) in [5.74, 6) is 0.737. The molecule has 132 valence electrons. The average molecular weight is 350 g/mol. The Morgan fingerprint density at radius 1 is 1.38 bits per heavy atom. The van der Waals surface area contributed by atoms with Gasteiger partial charge in [0.15, 0.2) is 0 Å². The lowest BCUT2D eigenvalue weighted by molar-refractivity contribution is -0.117. The molecule has 1 aromatic rings. The number of esters is 1. The minimum Gasteiger partial charge on any atom is -0.462 e. The number of hydrogen-bond donors (Lipinski definition) is 1. The lowest BCUT2D eigenvalue weighted by Gasteiger charge is -2.30. The molecule has 1 aliphatic heterocycles. The number of carbonyl (C=O) groups excluding carboxylic acids is 2. The zero-order valence-electron chi connectivity index (χ0n) is 14.5. The number of nitrogens with one attached hydrogen (secondary N) is 1. The third kappa shape index (κ3) is 4.16. The normalized spacial score (nSPS) is 21.5. The summed E-state index contributed by atoms with van der Waals surface area (Å²) < 4.78 is 5.20. The van der Waals surface area contributed by atoms with Gasteiger partial charge < -0.3 is 10.1 Å². The van der Waals surface area contributed by atoms with Crippen molar-refractivity contribution in [2.24, 2.45) is 5.92 Å². The molecule has 1 amide bonds. The van der Waals surface area contributed by atoms with Gasteiger partial charge in [0, 0.05) is 6.54 Å². The van der Waals surface area contributed by atoms with E-state index in [9.17, 15) is 9.59 Å². The third-order valence-corrected chi connectivity index (χ3v) is 5.59. The molecule has 3 rings (SSSR count). The van der Waals surface area contributed by atoms with E-state index < -0.39 is 0 Å². The van der Waals surface area contributed by atoms with E-state index in [1.165, 1.54) is 17.8 Å². The van der Waals surface area contributed by atoms with Crippen LogP contribution in [-0.4, -0.2) is 43.0 Å². The van der Waals surface area contributed by atoms with Crippen molar-refractivity contribution >= 4 is 28.2 Å². The minimum atomic E-state index is -0.317. The van der Waals surface area contributed by atoms with Gasteiger partial charge in [-0.1, -0.05) is 6.92 Å². The number of piperidine rings is 1. The number of anilines is 1. The molecule has 0 aromatic carbocycles. The number of carbonyl (C=O) groups is 2. The number of ether oxygens (including phenoxy) is 1.